The number of carbonyl (C=O) groups is 1. The Morgan fingerprint density at radius 3 is 2.67 bits per heavy atom. The average Bonchev–Trinajstić information content (AvgIpc) is 2.41. The first kappa shape index (κ1) is 18.0. The standard InChI is InChI=1S/C16H25BrN2O2/c1-11(2)7-9-19-16(20)12(3)21-15-5-4-13(6-8-18)10-14(15)17/h4-5,10-12H,6-9,18H2,1-3H3,(H,19,20). The molecule has 0 radical (unpaired) electrons. The van der Waals surface area contributed by atoms with Gasteiger partial charge in [0.1, 0.15) is 5.75 Å². The van der Waals surface area contributed by atoms with E-state index in [1.165, 1.54) is 0 Å². The average molecular weight is 357 g/mol. The summed E-state index contributed by atoms with van der Waals surface area (Å²) >= 11 is 3.47. The largest absolute Gasteiger partial charge is 0.480 e. The summed E-state index contributed by atoms with van der Waals surface area (Å²) in [6.07, 6.45) is 1.27. The monoisotopic (exact) mass is 356 g/mol. The Balaban J connectivity index is 2.53. The van der Waals surface area contributed by atoms with E-state index < -0.39 is 6.10 Å². The lowest BCUT2D eigenvalue weighted by Gasteiger charge is -2.16. The zero-order chi connectivity index (χ0) is 15.8. The van der Waals surface area contributed by atoms with Gasteiger partial charge in [0.15, 0.2) is 6.10 Å². The van der Waals surface area contributed by atoms with Crippen molar-refractivity contribution < 1.29 is 9.53 Å². The van der Waals surface area contributed by atoms with Crippen molar-refractivity contribution >= 4 is 21.8 Å². The van der Waals surface area contributed by atoms with E-state index in [1.54, 1.807) is 6.92 Å². The molecule has 1 unspecified atom stereocenters. The molecule has 1 atom stereocenters. The highest BCUT2D eigenvalue weighted by Gasteiger charge is 2.15. The van der Waals surface area contributed by atoms with Crippen LogP contribution in [0.3, 0.4) is 0 Å². The Morgan fingerprint density at radius 1 is 1.38 bits per heavy atom. The van der Waals surface area contributed by atoms with Gasteiger partial charge in [-0.1, -0.05) is 19.9 Å². The van der Waals surface area contributed by atoms with Gasteiger partial charge in [-0.3, -0.25) is 4.79 Å². The second-order valence-corrected chi connectivity index (χ2v) is 6.39. The fraction of sp³-hybridized carbons (Fsp3) is 0.562. The van der Waals surface area contributed by atoms with Gasteiger partial charge >= 0.3 is 0 Å². The van der Waals surface area contributed by atoms with Crippen molar-refractivity contribution in [1.82, 2.24) is 5.32 Å². The molecule has 1 aromatic carbocycles. The van der Waals surface area contributed by atoms with Crippen LogP contribution < -0.4 is 15.8 Å². The van der Waals surface area contributed by atoms with Crippen molar-refractivity contribution in [3.63, 3.8) is 0 Å². The molecule has 0 saturated carbocycles. The Bertz CT molecular complexity index is 464. The molecule has 0 aliphatic rings. The Hall–Kier alpha value is -1.07. The summed E-state index contributed by atoms with van der Waals surface area (Å²) in [5, 5.41) is 2.89. The van der Waals surface area contributed by atoms with E-state index in [9.17, 15) is 4.79 Å². The zero-order valence-electron chi connectivity index (χ0n) is 13.0. The molecule has 4 nitrogen and oxygen atoms in total. The summed E-state index contributed by atoms with van der Waals surface area (Å²) in [5.41, 5.74) is 6.68. The van der Waals surface area contributed by atoms with Crippen LogP contribution in [0.2, 0.25) is 0 Å². The minimum Gasteiger partial charge on any atom is -0.480 e. The van der Waals surface area contributed by atoms with Crippen molar-refractivity contribution in [2.24, 2.45) is 11.7 Å². The first-order valence-electron chi connectivity index (χ1n) is 7.37. The molecule has 1 aromatic rings. The summed E-state index contributed by atoms with van der Waals surface area (Å²) in [7, 11) is 0. The number of rotatable bonds is 8. The quantitative estimate of drug-likeness (QED) is 0.752. The maximum Gasteiger partial charge on any atom is 0.260 e. The van der Waals surface area contributed by atoms with E-state index in [2.05, 4.69) is 35.1 Å². The second kappa shape index (κ2) is 9.05. The number of hydrogen-bond donors (Lipinski definition) is 2. The number of ether oxygens (including phenoxy) is 1. The molecule has 21 heavy (non-hydrogen) atoms. The third-order valence-corrected chi connectivity index (χ3v) is 3.74. The predicted octanol–water partition coefficient (Wildman–Crippen LogP) is 2.88. The van der Waals surface area contributed by atoms with Crippen molar-refractivity contribution in [2.75, 3.05) is 13.1 Å². The first-order valence-corrected chi connectivity index (χ1v) is 8.16. The van der Waals surface area contributed by atoms with E-state index in [0.29, 0.717) is 24.8 Å². The van der Waals surface area contributed by atoms with Crippen LogP contribution >= 0.6 is 15.9 Å². The molecular formula is C16H25BrN2O2. The van der Waals surface area contributed by atoms with Gasteiger partial charge in [0.25, 0.3) is 5.91 Å². The molecule has 0 heterocycles. The van der Waals surface area contributed by atoms with Crippen molar-refractivity contribution in [1.29, 1.82) is 0 Å². The molecule has 0 bridgehead atoms. The van der Waals surface area contributed by atoms with Crippen LogP contribution in [-0.2, 0) is 11.2 Å². The molecule has 0 fully saturated rings. The van der Waals surface area contributed by atoms with Gasteiger partial charge in [-0.15, -0.1) is 0 Å². The lowest BCUT2D eigenvalue weighted by Crippen LogP contribution is -2.37. The molecule has 1 rings (SSSR count). The number of amides is 1. The van der Waals surface area contributed by atoms with Crippen LogP contribution in [0.25, 0.3) is 0 Å². The number of carbonyl (C=O) groups excluding carboxylic acids is 1. The van der Waals surface area contributed by atoms with Crippen LogP contribution in [0.1, 0.15) is 32.8 Å². The van der Waals surface area contributed by atoms with E-state index in [4.69, 9.17) is 10.5 Å². The van der Waals surface area contributed by atoms with E-state index in [1.807, 2.05) is 18.2 Å². The van der Waals surface area contributed by atoms with Gasteiger partial charge < -0.3 is 15.8 Å². The lowest BCUT2D eigenvalue weighted by molar-refractivity contribution is -0.127. The highest BCUT2D eigenvalue weighted by molar-refractivity contribution is 9.10. The maximum absolute atomic E-state index is 11.9. The molecule has 0 spiro atoms. The van der Waals surface area contributed by atoms with Crippen molar-refractivity contribution in [3.05, 3.63) is 28.2 Å². The van der Waals surface area contributed by atoms with Crippen LogP contribution in [0.15, 0.2) is 22.7 Å². The summed E-state index contributed by atoms with van der Waals surface area (Å²) in [6, 6.07) is 5.81. The predicted molar refractivity (Wildman–Crippen MR) is 89.5 cm³/mol. The van der Waals surface area contributed by atoms with Crippen LogP contribution in [0.4, 0.5) is 0 Å². The van der Waals surface area contributed by atoms with E-state index in [-0.39, 0.29) is 5.91 Å². The second-order valence-electron chi connectivity index (χ2n) is 5.54. The van der Waals surface area contributed by atoms with E-state index >= 15 is 0 Å². The number of nitrogens with one attached hydrogen (secondary N) is 1. The molecule has 5 heteroatoms. The van der Waals surface area contributed by atoms with Gasteiger partial charge in [0.2, 0.25) is 0 Å². The molecular weight excluding hydrogens is 332 g/mol. The molecule has 118 valence electrons. The third-order valence-electron chi connectivity index (χ3n) is 3.12. The molecule has 0 saturated heterocycles. The van der Waals surface area contributed by atoms with E-state index in [0.717, 1.165) is 22.9 Å². The summed E-state index contributed by atoms with van der Waals surface area (Å²) in [6.45, 7) is 7.31. The fourth-order valence-electron chi connectivity index (χ4n) is 1.83. The summed E-state index contributed by atoms with van der Waals surface area (Å²) < 4.78 is 6.55. The summed E-state index contributed by atoms with van der Waals surface area (Å²) in [5.74, 6) is 1.15. The van der Waals surface area contributed by atoms with Crippen molar-refractivity contribution in [2.45, 2.75) is 39.7 Å². The highest BCUT2D eigenvalue weighted by Crippen LogP contribution is 2.27. The normalized spacial score (nSPS) is 12.3. The minimum atomic E-state index is -0.520. The summed E-state index contributed by atoms with van der Waals surface area (Å²) in [4.78, 5) is 11.9. The number of hydrogen-bond acceptors (Lipinski definition) is 3. The van der Waals surface area contributed by atoms with Gasteiger partial charge in [-0.2, -0.15) is 0 Å². The SMILES string of the molecule is CC(C)CCNC(=O)C(C)Oc1ccc(CCN)cc1Br. The minimum absolute atomic E-state index is 0.0893. The number of benzene rings is 1. The zero-order valence-corrected chi connectivity index (χ0v) is 14.6. The fourth-order valence-corrected chi connectivity index (χ4v) is 2.35. The van der Waals surface area contributed by atoms with Gasteiger partial charge in [0.05, 0.1) is 4.47 Å². The Kier molecular flexibility index (Phi) is 7.75. The van der Waals surface area contributed by atoms with Crippen molar-refractivity contribution in [3.8, 4) is 5.75 Å². The maximum atomic E-state index is 11.9. The molecule has 0 aromatic heterocycles. The molecule has 0 aliphatic carbocycles. The molecule has 3 N–H and O–H groups in total. The molecule has 0 aliphatic heterocycles. The first-order chi connectivity index (χ1) is 9.93. The Morgan fingerprint density at radius 2 is 2.10 bits per heavy atom. The van der Waals surface area contributed by atoms with Gasteiger partial charge in [-0.05, 0) is 65.9 Å². The van der Waals surface area contributed by atoms with Gasteiger partial charge in [0, 0.05) is 6.54 Å². The lowest BCUT2D eigenvalue weighted by atomic mass is 10.1. The molecule has 1 amide bonds. The van der Waals surface area contributed by atoms with Crippen LogP contribution in [0.5, 0.6) is 5.75 Å². The van der Waals surface area contributed by atoms with Crippen LogP contribution in [-0.4, -0.2) is 25.1 Å². The Labute approximate surface area is 135 Å². The van der Waals surface area contributed by atoms with Crippen LogP contribution in [0, 0.1) is 5.92 Å². The number of halogens is 1. The third kappa shape index (κ3) is 6.48. The number of nitrogens with two attached hydrogens (primary N) is 1. The smallest absolute Gasteiger partial charge is 0.260 e. The van der Waals surface area contributed by atoms with Gasteiger partial charge in [-0.25, -0.2) is 0 Å². The topological polar surface area (TPSA) is 64.3 Å². The highest BCUT2D eigenvalue weighted by atomic mass is 79.9.